The largest absolute Gasteiger partial charge is 0.384 e. The lowest BCUT2D eigenvalue weighted by Crippen LogP contribution is -1.99. The molecule has 0 bridgehead atoms. The van der Waals surface area contributed by atoms with Crippen LogP contribution in [-0.4, -0.2) is 15.2 Å². The zero-order valence-corrected chi connectivity index (χ0v) is 7.57. The zero-order valence-electron chi connectivity index (χ0n) is 7.57. The Morgan fingerprint density at radius 3 is 3.14 bits per heavy atom. The first-order chi connectivity index (χ1) is 6.84. The van der Waals surface area contributed by atoms with Gasteiger partial charge in [0.2, 0.25) is 0 Å². The molecule has 2 heterocycles. The Bertz CT molecular complexity index is 395. The van der Waals surface area contributed by atoms with Gasteiger partial charge in [0.25, 0.3) is 0 Å². The molecule has 5 nitrogen and oxygen atoms in total. The van der Waals surface area contributed by atoms with Gasteiger partial charge < -0.3 is 11.1 Å². The number of aromatic nitrogens is 3. The highest BCUT2D eigenvalue weighted by Crippen LogP contribution is 2.10. The van der Waals surface area contributed by atoms with E-state index in [2.05, 4.69) is 20.5 Å². The molecule has 0 spiro atoms. The number of pyridine rings is 1. The summed E-state index contributed by atoms with van der Waals surface area (Å²) in [6.45, 7) is 0.722. The van der Waals surface area contributed by atoms with Crippen molar-refractivity contribution in [3.63, 3.8) is 0 Å². The Morgan fingerprint density at radius 1 is 1.50 bits per heavy atom. The predicted octanol–water partition coefficient (Wildman–Crippen LogP) is 0.999. The first-order valence-corrected chi connectivity index (χ1v) is 4.27. The van der Waals surface area contributed by atoms with Crippen LogP contribution in [0.15, 0.2) is 30.7 Å². The van der Waals surface area contributed by atoms with Crippen LogP contribution in [0.2, 0.25) is 0 Å². The fraction of sp³-hybridized carbons (Fsp3) is 0.111. The number of nitrogens with zero attached hydrogens (tertiary/aromatic N) is 2. The average Bonchev–Trinajstić information content (AvgIpc) is 2.67. The Morgan fingerprint density at radius 2 is 2.43 bits per heavy atom. The lowest BCUT2D eigenvalue weighted by Gasteiger charge is -2.04. The highest BCUT2D eigenvalue weighted by atomic mass is 15.1. The molecular weight excluding hydrogens is 178 g/mol. The Balaban J connectivity index is 1.98. The minimum atomic E-state index is 0.516. The van der Waals surface area contributed by atoms with Crippen molar-refractivity contribution in [2.24, 2.45) is 0 Å². The summed E-state index contributed by atoms with van der Waals surface area (Å²) < 4.78 is 0. The van der Waals surface area contributed by atoms with Crippen molar-refractivity contribution in [1.29, 1.82) is 0 Å². The maximum absolute atomic E-state index is 5.54. The van der Waals surface area contributed by atoms with Gasteiger partial charge in [-0.05, 0) is 6.07 Å². The van der Waals surface area contributed by atoms with Gasteiger partial charge in [0.15, 0.2) is 0 Å². The molecule has 2 aromatic rings. The molecule has 2 rings (SSSR count). The van der Waals surface area contributed by atoms with Crippen LogP contribution in [0, 0.1) is 0 Å². The molecule has 0 radical (unpaired) electrons. The third-order valence-electron chi connectivity index (χ3n) is 1.83. The summed E-state index contributed by atoms with van der Waals surface area (Å²) in [6, 6.07) is 3.66. The molecule has 14 heavy (non-hydrogen) atoms. The molecule has 0 unspecified atom stereocenters. The molecule has 5 heteroatoms. The second-order valence-corrected chi connectivity index (χ2v) is 2.93. The first-order valence-electron chi connectivity index (χ1n) is 4.27. The van der Waals surface area contributed by atoms with Crippen LogP contribution in [0.4, 0.5) is 11.5 Å². The molecule has 0 atom stereocenters. The minimum Gasteiger partial charge on any atom is -0.384 e. The normalized spacial score (nSPS) is 10.0. The maximum atomic E-state index is 5.54. The first kappa shape index (κ1) is 8.55. The predicted molar refractivity (Wildman–Crippen MR) is 54.6 cm³/mol. The molecule has 0 amide bonds. The fourth-order valence-electron chi connectivity index (χ4n) is 1.14. The van der Waals surface area contributed by atoms with Gasteiger partial charge in [-0.3, -0.25) is 5.10 Å². The van der Waals surface area contributed by atoms with E-state index in [1.807, 2.05) is 12.3 Å². The maximum Gasteiger partial charge on any atom is 0.125 e. The van der Waals surface area contributed by atoms with E-state index >= 15 is 0 Å². The molecule has 0 aliphatic heterocycles. The topological polar surface area (TPSA) is 79.6 Å². The van der Waals surface area contributed by atoms with E-state index in [9.17, 15) is 0 Å². The van der Waals surface area contributed by atoms with Crippen LogP contribution in [0.3, 0.4) is 0 Å². The van der Waals surface area contributed by atoms with Crippen molar-refractivity contribution in [2.45, 2.75) is 6.54 Å². The minimum absolute atomic E-state index is 0.516. The summed E-state index contributed by atoms with van der Waals surface area (Å²) in [5.74, 6) is 0.516. The van der Waals surface area contributed by atoms with E-state index in [4.69, 9.17) is 5.73 Å². The van der Waals surface area contributed by atoms with Crippen LogP contribution >= 0.6 is 0 Å². The lowest BCUT2D eigenvalue weighted by molar-refractivity contribution is 1.09. The molecule has 0 aliphatic carbocycles. The van der Waals surface area contributed by atoms with E-state index in [1.54, 1.807) is 18.5 Å². The summed E-state index contributed by atoms with van der Waals surface area (Å²) in [6.07, 6.45) is 5.29. The molecule has 0 fully saturated rings. The molecule has 2 aromatic heterocycles. The molecule has 4 N–H and O–H groups in total. The van der Waals surface area contributed by atoms with Crippen molar-refractivity contribution in [2.75, 3.05) is 11.1 Å². The number of nitrogens with two attached hydrogens (primary N) is 1. The van der Waals surface area contributed by atoms with E-state index in [1.165, 1.54) is 0 Å². The standard InChI is InChI=1S/C9H11N5/c10-9-3-8(1-2-11-9)12-4-7-5-13-14-6-7/h1-3,5-6H,4H2,(H,13,14)(H3,10,11,12). The third kappa shape index (κ3) is 2.01. The smallest absolute Gasteiger partial charge is 0.125 e. The number of rotatable bonds is 3. The van der Waals surface area contributed by atoms with Gasteiger partial charge in [-0.25, -0.2) is 4.98 Å². The average molecular weight is 189 g/mol. The van der Waals surface area contributed by atoms with Gasteiger partial charge in [0.1, 0.15) is 5.82 Å². The number of nitrogen functional groups attached to an aromatic ring is 1. The van der Waals surface area contributed by atoms with Crippen molar-refractivity contribution in [3.05, 3.63) is 36.3 Å². The summed E-state index contributed by atoms with van der Waals surface area (Å²) in [7, 11) is 0. The summed E-state index contributed by atoms with van der Waals surface area (Å²) >= 11 is 0. The number of hydrogen-bond donors (Lipinski definition) is 3. The SMILES string of the molecule is Nc1cc(NCc2cn[nH]c2)ccn1. The summed E-state index contributed by atoms with van der Waals surface area (Å²) in [4.78, 5) is 3.90. The van der Waals surface area contributed by atoms with Crippen molar-refractivity contribution in [1.82, 2.24) is 15.2 Å². The van der Waals surface area contributed by atoms with E-state index in [0.717, 1.165) is 17.8 Å². The highest BCUT2D eigenvalue weighted by Gasteiger charge is 1.95. The Hall–Kier alpha value is -2.04. The number of aromatic amines is 1. The molecule has 0 aromatic carbocycles. The second-order valence-electron chi connectivity index (χ2n) is 2.93. The van der Waals surface area contributed by atoms with Gasteiger partial charge in [-0.1, -0.05) is 0 Å². The Labute approximate surface area is 81.4 Å². The third-order valence-corrected chi connectivity index (χ3v) is 1.83. The van der Waals surface area contributed by atoms with Crippen LogP contribution in [0.1, 0.15) is 5.56 Å². The van der Waals surface area contributed by atoms with E-state index < -0.39 is 0 Å². The van der Waals surface area contributed by atoms with Crippen molar-refractivity contribution >= 4 is 11.5 Å². The van der Waals surface area contributed by atoms with Gasteiger partial charge in [-0.15, -0.1) is 0 Å². The van der Waals surface area contributed by atoms with Crippen molar-refractivity contribution in [3.8, 4) is 0 Å². The number of anilines is 2. The lowest BCUT2D eigenvalue weighted by atomic mass is 10.3. The van der Waals surface area contributed by atoms with Crippen LogP contribution < -0.4 is 11.1 Å². The van der Waals surface area contributed by atoms with E-state index in [-0.39, 0.29) is 0 Å². The number of hydrogen-bond acceptors (Lipinski definition) is 4. The van der Waals surface area contributed by atoms with Crippen molar-refractivity contribution < 1.29 is 0 Å². The van der Waals surface area contributed by atoms with E-state index in [0.29, 0.717) is 5.82 Å². The number of nitrogens with one attached hydrogen (secondary N) is 2. The highest BCUT2D eigenvalue weighted by molar-refractivity contribution is 5.49. The Kier molecular flexibility index (Phi) is 2.31. The van der Waals surface area contributed by atoms with Crippen LogP contribution in [0.25, 0.3) is 0 Å². The van der Waals surface area contributed by atoms with Gasteiger partial charge in [0, 0.05) is 36.3 Å². The quantitative estimate of drug-likeness (QED) is 0.673. The van der Waals surface area contributed by atoms with Crippen LogP contribution in [-0.2, 0) is 6.54 Å². The molecule has 0 aliphatic rings. The molecule has 72 valence electrons. The van der Waals surface area contributed by atoms with Gasteiger partial charge >= 0.3 is 0 Å². The zero-order chi connectivity index (χ0) is 9.80. The second kappa shape index (κ2) is 3.78. The van der Waals surface area contributed by atoms with Gasteiger partial charge in [-0.2, -0.15) is 5.10 Å². The van der Waals surface area contributed by atoms with Gasteiger partial charge in [0.05, 0.1) is 6.20 Å². The summed E-state index contributed by atoms with van der Waals surface area (Å²) in [5, 5.41) is 9.81. The monoisotopic (exact) mass is 189 g/mol. The molecule has 0 saturated heterocycles. The number of H-pyrrole nitrogens is 1. The fourth-order valence-corrected chi connectivity index (χ4v) is 1.14. The molecule has 0 saturated carbocycles. The summed E-state index contributed by atoms with van der Waals surface area (Å²) in [5.41, 5.74) is 7.59. The van der Waals surface area contributed by atoms with Crippen LogP contribution in [0.5, 0.6) is 0 Å². The molecular formula is C9H11N5.